The summed E-state index contributed by atoms with van der Waals surface area (Å²) in [6.07, 6.45) is 0. The number of nitrogens with one attached hydrogen (secondary N) is 1. The second kappa shape index (κ2) is 6.27. The molecular weight excluding hydrogens is 300 g/mol. The summed E-state index contributed by atoms with van der Waals surface area (Å²) < 4.78 is 1.16. The van der Waals surface area contributed by atoms with Crippen molar-refractivity contribution >= 4 is 21.6 Å². The highest BCUT2D eigenvalue weighted by atomic mass is 79.9. The van der Waals surface area contributed by atoms with Crippen molar-refractivity contribution in [1.29, 1.82) is 0 Å². The van der Waals surface area contributed by atoms with Crippen molar-refractivity contribution in [1.82, 2.24) is 5.32 Å². The minimum Gasteiger partial charge on any atom is -0.370 e. The van der Waals surface area contributed by atoms with E-state index in [-0.39, 0.29) is 5.41 Å². The first-order chi connectivity index (χ1) is 8.68. The molecule has 3 heteroatoms. The molecule has 108 valence electrons. The molecule has 1 N–H and O–H groups in total. The lowest BCUT2D eigenvalue weighted by Crippen LogP contribution is -2.39. The standard InChI is InChI=1S/C16H27BrN2/c1-11(18-6)13-8-9-15(14(17)10-13)19(7)12(2)16(3,4)5/h8-12,18H,1-7H3. The second-order valence-corrected chi connectivity index (χ2v) is 7.23. The van der Waals surface area contributed by atoms with Crippen molar-refractivity contribution in [3.63, 3.8) is 0 Å². The number of benzene rings is 1. The molecule has 0 spiro atoms. The first-order valence-corrected chi connectivity index (χ1v) is 7.67. The third kappa shape index (κ3) is 3.96. The van der Waals surface area contributed by atoms with Crippen LogP contribution in [-0.4, -0.2) is 20.1 Å². The van der Waals surface area contributed by atoms with E-state index in [2.05, 4.69) is 86.0 Å². The number of anilines is 1. The molecule has 2 nitrogen and oxygen atoms in total. The van der Waals surface area contributed by atoms with E-state index in [1.54, 1.807) is 0 Å². The molecule has 0 aliphatic heterocycles. The Balaban J connectivity index is 3.03. The van der Waals surface area contributed by atoms with Gasteiger partial charge in [0.15, 0.2) is 0 Å². The van der Waals surface area contributed by atoms with Gasteiger partial charge in [0.25, 0.3) is 0 Å². The fourth-order valence-electron chi connectivity index (χ4n) is 2.03. The first-order valence-electron chi connectivity index (χ1n) is 6.88. The maximum Gasteiger partial charge on any atom is 0.0510 e. The van der Waals surface area contributed by atoms with Crippen molar-refractivity contribution in [2.45, 2.75) is 46.7 Å². The minimum atomic E-state index is 0.255. The predicted molar refractivity (Wildman–Crippen MR) is 88.9 cm³/mol. The van der Waals surface area contributed by atoms with Gasteiger partial charge in [-0.2, -0.15) is 0 Å². The Hall–Kier alpha value is -0.540. The number of halogens is 1. The van der Waals surface area contributed by atoms with Crippen molar-refractivity contribution in [3.8, 4) is 0 Å². The smallest absolute Gasteiger partial charge is 0.0510 e. The Kier molecular flexibility index (Phi) is 5.45. The topological polar surface area (TPSA) is 15.3 Å². The van der Waals surface area contributed by atoms with Gasteiger partial charge in [0.05, 0.1) is 5.69 Å². The van der Waals surface area contributed by atoms with Gasteiger partial charge in [-0.25, -0.2) is 0 Å². The molecule has 19 heavy (non-hydrogen) atoms. The van der Waals surface area contributed by atoms with Crippen LogP contribution in [0.15, 0.2) is 22.7 Å². The molecule has 0 saturated carbocycles. The van der Waals surface area contributed by atoms with Gasteiger partial charge < -0.3 is 10.2 Å². The highest BCUT2D eigenvalue weighted by Gasteiger charge is 2.25. The van der Waals surface area contributed by atoms with E-state index in [9.17, 15) is 0 Å². The van der Waals surface area contributed by atoms with E-state index in [0.29, 0.717) is 12.1 Å². The van der Waals surface area contributed by atoms with E-state index in [1.807, 2.05) is 7.05 Å². The van der Waals surface area contributed by atoms with E-state index >= 15 is 0 Å². The quantitative estimate of drug-likeness (QED) is 0.869. The molecule has 0 aliphatic rings. The fourth-order valence-corrected chi connectivity index (χ4v) is 2.71. The van der Waals surface area contributed by atoms with Crippen LogP contribution in [0.25, 0.3) is 0 Å². The van der Waals surface area contributed by atoms with Gasteiger partial charge in [-0.1, -0.05) is 26.8 Å². The third-order valence-corrected chi connectivity index (χ3v) is 4.75. The van der Waals surface area contributed by atoms with Crippen LogP contribution in [0.2, 0.25) is 0 Å². The zero-order valence-electron chi connectivity index (χ0n) is 13.2. The molecule has 0 bridgehead atoms. The fraction of sp³-hybridized carbons (Fsp3) is 0.625. The molecule has 0 heterocycles. The van der Waals surface area contributed by atoms with Gasteiger partial charge in [0.2, 0.25) is 0 Å². The van der Waals surface area contributed by atoms with Crippen LogP contribution in [0.1, 0.15) is 46.2 Å². The Morgan fingerprint density at radius 2 is 1.79 bits per heavy atom. The summed E-state index contributed by atoms with van der Waals surface area (Å²) in [7, 11) is 4.15. The van der Waals surface area contributed by atoms with Crippen LogP contribution in [-0.2, 0) is 0 Å². The van der Waals surface area contributed by atoms with Crippen molar-refractivity contribution in [2.75, 3.05) is 19.0 Å². The van der Waals surface area contributed by atoms with Crippen molar-refractivity contribution in [3.05, 3.63) is 28.2 Å². The zero-order chi connectivity index (χ0) is 14.8. The summed E-state index contributed by atoms with van der Waals surface area (Å²) in [6.45, 7) is 11.3. The van der Waals surface area contributed by atoms with Crippen molar-refractivity contribution in [2.24, 2.45) is 5.41 Å². The average molecular weight is 327 g/mol. The average Bonchev–Trinajstić information content (AvgIpc) is 2.34. The van der Waals surface area contributed by atoms with Gasteiger partial charge in [0, 0.05) is 23.6 Å². The van der Waals surface area contributed by atoms with Crippen molar-refractivity contribution < 1.29 is 0 Å². The summed E-state index contributed by atoms with van der Waals surface area (Å²) in [5, 5.41) is 3.27. The number of hydrogen-bond acceptors (Lipinski definition) is 2. The number of nitrogens with zero attached hydrogens (tertiary/aromatic N) is 1. The molecule has 0 saturated heterocycles. The highest BCUT2D eigenvalue weighted by Crippen LogP contribution is 2.33. The maximum atomic E-state index is 3.71. The Morgan fingerprint density at radius 3 is 2.21 bits per heavy atom. The van der Waals surface area contributed by atoms with Gasteiger partial charge in [-0.05, 0) is 59.9 Å². The molecule has 0 aromatic heterocycles. The molecule has 1 aromatic rings. The van der Waals surface area contributed by atoms with Gasteiger partial charge >= 0.3 is 0 Å². The maximum absolute atomic E-state index is 3.71. The summed E-state index contributed by atoms with van der Waals surface area (Å²) in [5.41, 5.74) is 2.80. The molecule has 2 unspecified atom stereocenters. The van der Waals surface area contributed by atoms with Gasteiger partial charge in [-0.3, -0.25) is 0 Å². The van der Waals surface area contributed by atoms with Crippen LogP contribution in [0.3, 0.4) is 0 Å². The lowest BCUT2D eigenvalue weighted by molar-refractivity contribution is 0.329. The summed E-state index contributed by atoms with van der Waals surface area (Å²) in [6, 6.07) is 7.46. The summed E-state index contributed by atoms with van der Waals surface area (Å²) >= 11 is 3.71. The van der Waals surface area contributed by atoms with E-state index in [4.69, 9.17) is 0 Å². The largest absolute Gasteiger partial charge is 0.370 e. The summed E-state index contributed by atoms with van der Waals surface area (Å²) in [4.78, 5) is 2.35. The zero-order valence-corrected chi connectivity index (χ0v) is 14.8. The first kappa shape index (κ1) is 16.5. The lowest BCUT2D eigenvalue weighted by atomic mass is 9.87. The van der Waals surface area contributed by atoms with Gasteiger partial charge in [0.1, 0.15) is 0 Å². The highest BCUT2D eigenvalue weighted by molar-refractivity contribution is 9.10. The Labute approximate surface area is 126 Å². The Bertz CT molecular complexity index is 423. The van der Waals surface area contributed by atoms with E-state index in [0.717, 1.165) is 4.47 Å². The molecule has 0 aliphatic carbocycles. The minimum absolute atomic E-state index is 0.255. The predicted octanol–water partition coefficient (Wildman–Crippen LogP) is 4.60. The van der Waals surface area contributed by atoms with Crippen LogP contribution < -0.4 is 10.2 Å². The van der Waals surface area contributed by atoms with Gasteiger partial charge in [-0.15, -0.1) is 0 Å². The number of hydrogen-bond donors (Lipinski definition) is 1. The monoisotopic (exact) mass is 326 g/mol. The second-order valence-electron chi connectivity index (χ2n) is 6.37. The third-order valence-electron chi connectivity index (χ3n) is 4.12. The molecule has 1 aromatic carbocycles. The molecule has 2 atom stereocenters. The molecule has 1 rings (SSSR count). The SMILES string of the molecule is CNC(C)c1ccc(N(C)C(C)C(C)(C)C)c(Br)c1. The molecule has 0 radical (unpaired) electrons. The van der Waals surface area contributed by atoms with Crippen LogP contribution >= 0.6 is 15.9 Å². The van der Waals surface area contributed by atoms with Crippen LogP contribution in [0, 0.1) is 5.41 Å². The normalized spacial score (nSPS) is 15.2. The Morgan fingerprint density at radius 1 is 1.21 bits per heavy atom. The lowest BCUT2D eigenvalue weighted by Gasteiger charge is -2.37. The molecule has 0 fully saturated rings. The summed E-state index contributed by atoms with van der Waals surface area (Å²) in [5.74, 6) is 0. The van der Waals surface area contributed by atoms with E-state index < -0.39 is 0 Å². The molecule has 0 amide bonds. The van der Waals surface area contributed by atoms with Crippen LogP contribution in [0.5, 0.6) is 0 Å². The van der Waals surface area contributed by atoms with E-state index in [1.165, 1.54) is 11.3 Å². The van der Waals surface area contributed by atoms with Crippen LogP contribution in [0.4, 0.5) is 5.69 Å². The molecular formula is C16H27BrN2. The number of rotatable bonds is 4.